The molecule has 0 spiro atoms. The van der Waals surface area contributed by atoms with Gasteiger partial charge in [0.1, 0.15) is 11.1 Å². The number of carbonyl (C=O) groups is 1. The Hall–Kier alpha value is -1.32. The number of pyridine rings is 1. The summed E-state index contributed by atoms with van der Waals surface area (Å²) in [6.07, 6.45) is -3.33. The minimum atomic E-state index is -4.50. The Bertz CT molecular complexity index is 523. The Morgan fingerprint density at radius 3 is 2.68 bits per heavy atom. The molecule has 0 aromatic carbocycles. The van der Waals surface area contributed by atoms with Gasteiger partial charge in [-0.3, -0.25) is 4.79 Å². The molecule has 2 unspecified atom stereocenters. The quantitative estimate of drug-likeness (QED) is 0.659. The van der Waals surface area contributed by atoms with E-state index in [0.717, 1.165) is 17.8 Å². The van der Waals surface area contributed by atoms with Crippen molar-refractivity contribution in [3.05, 3.63) is 23.9 Å². The van der Waals surface area contributed by atoms with Gasteiger partial charge in [-0.1, -0.05) is 0 Å². The van der Waals surface area contributed by atoms with E-state index in [9.17, 15) is 23.1 Å². The summed E-state index contributed by atoms with van der Waals surface area (Å²) in [5, 5.41) is 18.6. The standard InChI is InChI=1S/C13H17F3N2O3S/c1-12(21,7-9(17)11(19)20)4-6-22-10-8(13(14,15)16)3-2-5-18-10/h2-3,5,9,21H,4,6-7,17H2,1H3,(H,19,20). The number of rotatable bonds is 7. The molecule has 0 aliphatic carbocycles. The average molecular weight is 338 g/mol. The molecule has 1 aromatic rings. The van der Waals surface area contributed by atoms with Crippen LogP contribution < -0.4 is 5.73 Å². The highest BCUT2D eigenvalue weighted by Crippen LogP contribution is 2.36. The minimum absolute atomic E-state index is 0.0898. The monoisotopic (exact) mass is 338 g/mol. The van der Waals surface area contributed by atoms with E-state index in [0.29, 0.717) is 0 Å². The van der Waals surface area contributed by atoms with Crippen LogP contribution in [0.1, 0.15) is 25.3 Å². The number of aliphatic hydroxyl groups is 1. The fraction of sp³-hybridized carbons (Fsp3) is 0.538. The molecule has 5 nitrogen and oxygen atoms in total. The number of aliphatic carboxylic acids is 1. The van der Waals surface area contributed by atoms with Gasteiger partial charge in [0, 0.05) is 18.4 Å². The maximum atomic E-state index is 12.8. The van der Waals surface area contributed by atoms with Gasteiger partial charge in [-0.2, -0.15) is 13.2 Å². The number of alkyl halides is 3. The molecule has 0 fully saturated rings. The molecule has 0 aliphatic heterocycles. The van der Waals surface area contributed by atoms with Crippen LogP contribution in [0.5, 0.6) is 0 Å². The topological polar surface area (TPSA) is 96.4 Å². The third-order valence-corrected chi connectivity index (χ3v) is 3.94. The number of hydrogen-bond acceptors (Lipinski definition) is 5. The molecule has 1 aromatic heterocycles. The summed E-state index contributed by atoms with van der Waals surface area (Å²) in [6.45, 7) is 1.40. The van der Waals surface area contributed by atoms with Crippen molar-refractivity contribution in [2.45, 2.75) is 42.6 Å². The Balaban J connectivity index is 2.63. The van der Waals surface area contributed by atoms with Gasteiger partial charge in [0.2, 0.25) is 0 Å². The molecule has 2 atom stereocenters. The van der Waals surface area contributed by atoms with Gasteiger partial charge in [0.15, 0.2) is 0 Å². The third-order valence-electron chi connectivity index (χ3n) is 2.93. The molecule has 4 N–H and O–H groups in total. The smallest absolute Gasteiger partial charge is 0.419 e. The summed E-state index contributed by atoms with van der Waals surface area (Å²) in [4.78, 5) is 14.3. The third kappa shape index (κ3) is 5.82. The van der Waals surface area contributed by atoms with E-state index in [4.69, 9.17) is 10.8 Å². The highest BCUT2D eigenvalue weighted by atomic mass is 32.2. The van der Waals surface area contributed by atoms with Crippen LogP contribution in [-0.4, -0.2) is 38.6 Å². The second kappa shape index (κ2) is 7.30. The number of nitrogens with two attached hydrogens (primary N) is 1. The Morgan fingerprint density at radius 1 is 1.50 bits per heavy atom. The molecule has 0 saturated carbocycles. The number of halogens is 3. The summed E-state index contributed by atoms with van der Waals surface area (Å²) >= 11 is 0.857. The van der Waals surface area contributed by atoms with Crippen LogP contribution in [0, 0.1) is 0 Å². The van der Waals surface area contributed by atoms with Crippen LogP contribution in [0.25, 0.3) is 0 Å². The highest BCUT2D eigenvalue weighted by molar-refractivity contribution is 7.99. The zero-order chi connectivity index (χ0) is 17.0. The summed E-state index contributed by atoms with van der Waals surface area (Å²) in [6, 6.07) is 0.920. The molecule has 9 heteroatoms. The van der Waals surface area contributed by atoms with Crippen molar-refractivity contribution < 1.29 is 28.2 Å². The first kappa shape index (κ1) is 18.7. The van der Waals surface area contributed by atoms with Crippen molar-refractivity contribution in [3.8, 4) is 0 Å². The van der Waals surface area contributed by atoms with Crippen molar-refractivity contribution in [2.75, 3.05) is 5.75 Å². The molecule has 0 saturated heterocycles. The first-order valence-corrected chi connectivity index (χ1v) is 7.37. The summed E-state index contributed by atoms with van der Waals surface area (Å²) in [5.74, 6) is -1.09. The lowest BCUT2D eigenvalue weighted by Gasteiger charge is -2.25. The SMILES string of the molecule is CC(O)(CCSc1ncccc1C(F)(F)F)CC(N)C(=O)O. The van der Waals surface area contributed by atoms with Crippen LogP contribution in [-0.2, 0) is 11.0 Å². The van der Waals surface area contributed by atoms with Gasteiger partial charge >= 0.3 is 12.1 Å². The number of carboxylic acids is 1. The van der Waals surface area contributed by atoms with Gasteiger partial charge in [-0.25, -0.2) is 4.98 Å². The van der Waals surface area contributed by atoms with E-state index >= 15 is 0 Å². The molecule has 0 aliphatic rings. The van der Waals surface area contributed by atoms with E-state index < -0.39 is 29.4 Å². The van der Waals surface area contributed by atoms with Crippen molar-refractivity contribution in [2.24, 2.45) is 5.73 Å². The molecular formula is C13H17F3N2O3S. The lowest BCUT2D eigenvalue weighted by Crippen LogP contribution is -2.39. The Morgan fingerprint density at radius 2 is 2.14 bits per heavy atom. The predicted molar refractivity (Wildman–Crippen MR) is 75.4 cm³/mol. The van der Waals surface area contributed by atoms with E-state index in [2.05, 4.69) is 4.98 Å². The average Bonchev–Trinajstić information content (AvgIpc) is 2.37. The first-order valence-electron chi connectivity index (χ1n) is 6.39. The number of hydrogen-bond donors (Lipinski definition) is 3. The van der Waals surface area contributed by atoms with Crippen LogP contribution >= 0.6 is 11.8 Å². The molecule has 0 bridgehead atoms. The molecular weight excluding hydrogens is 321 g/mol. The van der Waals surface area contributed by atoms with Gasteiger partial charge in [-0.05, 0) is 25.5 Å². The lowest BCUT2D eigenvalue weighted by molar-refractivity contribution is -0.141. The van der Waals surface area contributed by atoms with Crippen molar-refractivity contribution in [1.29, 1.82) is 0 Å². The second-order valence-electron chi connectivity index (χ2n) is 5.10. The molecule has 22 heavy (non-hydrogen) atoms. The van der Waals surface area contributed by atoms with Gasteiger partial charge in [0.25, 0.3) is 0 Å². The molecule has 0 radical (unpaired) electrons. The van der Waals surface area contributed by atoms with Gasteiger partial charge in [0.05, 0.1) is 11.2 Å². The fourth-order valence-electron chi connectivity index (χ4n) is 1.75. The second-order valence-corrected chi connectivity index (χ2v) is 6.18. The van der Waals surface area contributed by atoms with Crippen LogP contribution in [0.3, 0.4) is 0 Å². The largest absolute Gasteiger partial charge is 0.480 e. The maximum Gasteiger partial charge on any atom is 0.419 e. The highest BCUT2D eigenvalue weighted by Gasteiger charge is 2.34. The first-order chi connectivity index (χ1) is 10.0. The number of thioether (sulfide) groups is 1. The summed E-state index contributed by atoms with van der Waals surface area (Å²) < 4.78 is 38.4. The fourth-order valence-corrected chi connectivity index (χ4v) is 2.96. The molecule has 1 heterocycles. The van der Waals surface area contributed by atoms with Crippen molar-refractivity contribution in [3.63, 3.8) is 0 Å². The maximum absolute atomic E-state index is 12.8. The summed E-state index contributed by atoms with van der Waals surface area (Å²) in [5.41, 5.74) is 3.13. The Labute approximate surface area is 129 Å². The number of carboxylic acid groups (broad SMARTS) is 1. The van der Waals surface area contributed by atoms with E-state index in [1.807, 2.05) is 0 Å². The van der Waals surface area contributed by atoms with E-state index in [-0.39, 0.29) is 23.6 Å². The van der Waals surface area contributed by atoms with Crippen molar-refractivity contribution >= 4 is 17.7 Å². The Kier molecular flexibility index (Phi) is 6.21. The normalized spacial score (nSPS) is 16.1. The lowest BCUT2D eigenvalue weighted by atomic mass is 9.95. The zero-order valence-electron chi connectivity index (χ0n) is 11.8. The van der Waals surface area contributed by atoms with E-state index in [1.165, 1.54) is 19.2 Å². The van der Waals surface area contributed by atoms with Crippen LogP contribution in [0.15, 0.2) is 23.4 Å². The van der Waals surface area contributed by atoms with Crippen LogP contribution in [0.4, 0.5) is 13.2 Å². The van der Waals surface area contributed by atoms with Crippen molar-refractivity contribution in [1.82, 2.24) is 4.98 Å². The predicted octanol–water partition coefficient (Wildman–Crippen LogP) is 2.14. The summed E-state index contributed by atoms with van der Waals surface area (Å²) in [7, 11) is 0. The molecule has 0 amide bonds. The molecule has 124 valence electrons. The van der Waals surface area contributed by atoms with E-state index in [1.54, 1.807) is 0 Å². The zero-order valence-corrected chi connectivity index (χ0v) is 12.6. The number of nitrogens with zero attached hydrogens (tertiary/aromatic N) is 1. The van der Waals surface area contributed by atoms with Crippen LogP contribution in [0.2, 0.25) is 0 Å². The minimum Gasteiger partial charge on any atom is -0.480 e. The van der Waals surface area contributed by atoms with Gasteiger partial charge < -0.3 is 15.9 Å². The molecule has 1 rings (SSSR count). The number of aromatic nitrogens is 1. The van der Waals surface area contributed by atoms with Gasteiger partial charge in [-0.15, -0.1) is 11.8 Å².